The molecule has 39 heavy (non-hydrogen) atoms. The summed E-state index contributed by atoms with van der Waals surface area (Å²) in [6.07, 6.45) is 9.42. The van der Waals surface area contributed by atoms with Crippen molar-refractivity contribution >= 4 is 15.5 Å². The Hall–Kier alpha value is -3.17. The maximum Gasteiger partial charge on any atom is 0.115 e. The summed E-state index contributed by atoms with van der Waals surface area (Å²) in [4.78, 5) is 0. The molecule has 0 aliphatic heterocycles. The van der Waals surface area contributed by atoms with Crippen molar-refractivity contribution in [3.05, 3.63) is 119 Å². The third-order valence-electron chi connectivity index (χ3n) is 9.17. The number of thiol groups is 1. The van der Waals surface area contributed by atoms with Gasteiger partial charge in [0.15, 0.2) is 0 Å². The van der Waals surface area contributed by atoms with Gasteiger partial charge in [0.05, 0.1) is 0 Å². The minimum Gasteiger partial charge on any atom is -0.508 e. The SMILES string of the molecule is C=C(CCCc1cccc(C(C)[SH](C)(=O)C2(C)C(C)=CC(C)=CC2C)c1)c1ccc(-c2ccc(O)cc2)cc1. The third kappa shape index (κ3) is 5.89. The molecule has 0 saturated carbocycles. The second-order valence-corrected chi connectivity index (χ2v) is 15.4. The molecule has 3 heteroatoms. The molecule has 206 valence electrons. The first-order valence-electron chi connectivity index (χ1n) is 14.0. The van der Waals surface area contributed by atoms with Crippen LogP contribution in [0.2, 0.25) is 0 Å². The zero-order valence-electron chi connectivity index (χ0n) is 24.4. The maximum atomic E-state index is 14.5. The molecule has 0 amide bonds. The summed E-state index contributed by atoms with van der Waals surface area (Å²) in [5.74, 6) is 0.519. The molecule has 0 spiro atoms. The molecule has 0 radical (unpaired) electrons. The van der Waals surface area contributed by atoms with Crippen LogP contribution < -0.4 is 0 Å². The average molecular weight is 541 g/mol. The van der Waals surface area contributed by atoms with E-state index < -0.39 is 9.93 Å². The van der Waals surface area contributed by atoms with Crippen LogP contribution in [-0.2, 0) is 16.4 Å². The van der Waals surface area contributed by atoms with Crippen molar-refractivity contribution in [2.24, 2.45) is 5.92 Å². The molecule has 3 aromatic rings. The molecule has 0 fully saturated rings. The zero-order valence-corrected chi connectivity index (χ0v) is 25.3. The van der Waals surface area contributed by atoms with Crippen LogP contribution in [0, 0.1) is 5.92 Å². The highest BCUT2D eigenvalue weighted by Crippen LogP contribution is 2.48. The van der Waals surface area contributed by atoms with Crippen molar-refractivity contribution in [2.45, 2.75) is 63.9 Å². The fourth-order valence-electron chi connectivity index (χ4n) is 6.10. The summed E-state index contributed by atoms with van der Waals surface area (Å²) in [5.41, 5.74) is 9.48. The van der Waals surface area contributed by atoms with E-state index >= 15 is 0 Å². The maximum absolute atomic E-state index is 14.5. The van der Waals surface area contributed by atoms with Crippen LogP contribution in [0.15, 0.2) is 103 Å². The Morgan fingerprint density at radius 3 is 2.26 bits per heavy atom. The number of phenols is 1. The van der Waals surface area contributed by atoms with Crippen LogP contribution in [0.3, 0.4) is 0 Å². The fraction of sp³-hybridized carbons (Fsp3) is 0.333. The summed E-state index contributed by atoms with van der Waals surface area (Å²) in [7, 11) is -2.60. The fourth-order valence-corrected chi connectivity index (χ4v) is 9.29. The number of benzene rings is 3. The van der Waals surface area contributed by atoms with Gasteiger partial charge >= 0.3 is 0 Å². The van der Waals surface area contributed by atoms with Gasteiger partial charge in [-0.2, -0.15) is 0 Å². The lowest BCUT2D eigenvalue weighted by Gasteiger charge is -2.49. The summed E-state index contributed by atoms with van der Waals surface area (Å²) < 4.78 is 14.2. The van der Waals surface area contributed by atoms with Gasteiger partial charge in [0.2, 0.25) is 0 Å². The van der Waals surface area contributed by atoms with Crippen molar-refractivity contribution in [3.63, 3.8) is 0 Å². The highest BCUT2D eigenvalue weighted by atomic mass is 32.2. The Bertz CT molecular complexity index is 1440. The van der Waals surface area contributed by atoms with Crippen molar-refractivity contribution in [1.29, 1.82) is 0 Å². The summed E-state index contributed by atoms with van der Waals surface area (Å²) in [6, 6.07) is 24.5. The lowest BCUT2D eigenvalue weighted by atomic mass is 9.82. The first kappa shape index (κ1) is 28.8. The Labute approximate surface area is 236 Å². The molecule has 0 bridgehead atoms. The zero-order chi connectivity index (χ0) is 28.4. The Balaban J connectivity index is 1.39. The predicted octanol–water partition coefficient (Wildman–Crippen LogP) is 9.10. The molecule has 4 rings (SSSR count). The van der Waals surface area contributed by atoms with Gasteiger partial charge in [0.1, 0.15) is 5.75 Å². The molecule has 0 aromatic heterocycles. The number of hydrogen-bond acceptors (Lipinski definition) is 2. The minimum absolute atomic E-state index is 0.0119. The van der Waals surface area contributed by atoms with Crippen molar-refractivity contribution in [3.8, 4) is 16.9 Å². The number of rotatable bonds is 9. The number of hydrogen-bond donors (Lipinski definition) is 2. The molecule has 3 aromatic carbocycles. The smallest absolute Gasteiger partial charge is 0.115 e. The third-order valence-corrected chi connectivity index (χ3v) is 13.6. The van der Waals surface area contributed by atoms with E-state index in [9.17, 15) is 9.32 Å². The van der Waals surface area contributed by atoms with E-state index in [2.05, 4.69) is 102 Å². The van der Waals surface area contributed by atoms with Crippen LogP contribution in [0.25, 0.3) is 16.7 Å². The lowest BCUT2D eigenvalue weighted by Crippen LogP contribution is -2.49. The predicted molar refractivity (Wildman–Crippen MR) is 171 cm³/mol. The van der Waals surface area contributed by atoms with Gasteiger partial charge in [-0.15, -0.1) is 0 Å². The molecular weight excluding hydrogens is 496 g/mol. The largest absolute Gasteiger partial charge is 0.508 e. The van der Waals surface area contributed by atoms with E-state index in [0.717, 1.165) is 41.5 Å². The molecule has 0 heterocycles. The van der Waals surface area contributed by atoms with Crippen molar-refractivity contribution < 1.29 is 9.32 Å². The molecule has 1 aliphatic rings. The van der Waals surface area contributed by atoms with E-state index in [0.29, 0.717) is 0 Å². The Kier molecular flexibility index (Phi) is 8.51. The monoisotopic (exact) mass is 540 g/mol. The first-order valence-corrected chi connectivity index (χ1v) is 16.3. The van der Waals surface area contributed by atoms with E-state index in [4.69, 9.17) is 0 Å². The number of aromatic hydroxyl groups is 1. The summed E-state index contributed by atoms with van der Waals surface area (Å²) >= 11 is 0. The number of aryl methyl sites for hydroxylation is 1. The van der Waals surface area contributed by atoms with Gasteiger partial charge in [0.25, 0.3) is 0 Å². The number of allylic oxidation sites excluding steroid dienone is 4. The van der Waals surface area contributed by atoms with Gasteiger partial charge < -0.3 is 5.11 Å². The lowest BCUT2D eigenvalue weighted by molar-refractivity contribution is 0.475. The molecule has 3 atom stereocenters. The molecule has 1 aliphatic carbocycles. The van der Waals surface area contributed by atoms with Crippen LogP contribution in [0.1, 0.15) is 69.4 Å². The molecule has 1 N–H and O–H groups in total. The average Bonchev–Trinajstić information content (AvgIpc) is 2.91. The standard InChI is InChI=1S/C36H44O2S/c1-25-22-27(3)36(6,28(4)23-25)39(7,38)29(5)34-13-9-12-30(24-34)11-8-10-26(2)31-14-16-32(17-15-31)33-18-20-35(37)21-19-33/h9,12-24,27,29,37,39H,2,8,10-11H2,1,3-7H3. The van der Waals surface area contributed by atoms with E-state index in [-0.39, 0.29) is 21.7 Å². The van der Waals surface area contributed by atoms with Crippen LogP contribution in [-0.4, -0.2) is 20.3 Å². The van der Waals surface area contributed by atoms with Gasteiger partial charge in [0, 0.05) is 10.00 Å². The summed E-state index contributed by atoms with van der Waals surface area (Å²) in [6.45, 7) is 15.2. The topological polar surface area (TPSA) is 37.3 Å². The van der Waals surface area contributed by atoms with Gasteiger partial charge in [-0.05, 0) is 105 Å². The first-order chi connectivity index (χ1) is 18.4. The van der Waals surface area contributed by atoms with Gasteiger partial charge in [-0.1, -0.05) is 107 Å². The number of phenolic OH excluding ortho intramolecular Hbond substituents is 1. The van der Waals surface area contributed by atoms with E-state index in [1.807, 2.05) is 18.4 Å². The molecule has 0 saturated heterocycles. The quantitative estimate of drug-likeness (QED) is 0.266. The van der Waals surface area contributed by atoms with E-state index in [1.54, 1.807) is 12.1 Å². The van der Waals surface area contributed by atoms with Crippen LogP contribution >= 0.6 is 0 Å². The van der Waals surface area contributed by atoms with Crippen LogP contribution in [0.5, 0.6) is 5.75 Å². The van der Waals surface area contributed by atoms with Crippen molar-refractivity contribution in [2.75, 3.05) is 6.26 Å². The van der Waals surface area contributed by atoms with Gasteiger partial charge in [-0.25, -0.2) is 0 Å². The molecule has 2 nitrogen and oxygen atoms in total. The highest BCUT2D eigenvalue weighted by Gasteiger charge is 2.45. The second kappa shape index (κ2) is 11.5. The normalized spacial score (nSPS) is 20.6. The van der Waals surface area contributed by atoms with E-state index in [1.165, 1.54) is 22.3 Å². The van der Waals surface area contributed by atoms with Crippen molar-refractivity contribution in [1.82, 2.24) is 0 Å². The van der Waals surface area contributed by atoms with Crippen LogP contribution in [0.4, 0.5) is 0 Å². The highest BCUT2D eigenvalue weighted by molar-refractivity contribution is 8.04. The summed E-state index contributed by atoms with van der Waals surface area (Å²) in [5, 5.41) is 9.51. The second-order valence-electron chi connectivity index (χ2n) is 11.7. The Morgan fingerprint density at radius 2 is 1.64 bits per heavy atom. The molecular formula is C36H44O2S. The Morgan fingerprint density at radius 1 is 1.03 bits per heavy atom. The minimum atomic E-state index is -2.60. The molecule has 3 unspecified atom stereocenters. The van der Waals surface area contributed by atoms with Gasteiger partial charge in [-0.3, -0.25) is 4.21 Å².